The van der Waals surface area contributed by atoms with Crippen LogP contribution in [0.2, 0.25) is 10.0 Å². The van der Waals surface area contributed by atoms with Gasteiger partial charge in [0.05, 0.1) is 21.3 Å². The zero-order chi connectivity index (χ0) is 26.3. The van der Waals surface area contributed by atoms with Crippen molar-refractivity contribution in [3.05, 3.63) is 68.3 Å². The van der Waals surface area contributed by atoms with Crippen LogP contribution in [0.4, 0.5) is 11.6 Å². The predicted octanol–water partition coefficient (Wildman–Crippen LogP) is 3.59. The van der Waals surface area contributed by atoms with E-state index in [1.807, 2.05) is 18.9 Å². The summed E-state index contributed by atoms with van der Waals surface area (Å²) in [5.41, 5.74) is 2.37. The average Bonchev–Trinajstić information content (AvgIpc) is 3.24. The van der Waals surface area contributed by atoms with Gasteiger partial charge in [0, 0.05) is 49.0 Å². The molecule has 1 aliphatic heterocycles. The number of amides is 1. The van der Waals surface area contributed by atoms with Crippen LogP contribution in [-0.4, -0.2) is 75.7 Å². The highest BCUT2D eigenvalue weighted by Crippen LogP contribution is 2.34. The fourth-order valence-corrected chi connectivity index (χ4v) is 4.94. The summed E-state index contributed by atoms with van der Waals surface area (Å²) in [4.78, 5) is 47.7. The molecule has 0 bridgehead atoms. The summed E-state index contributed by atoms with van der Waals surface area (Å²) in [5, 5.41) is 4.38. The molecule has 37 heavy (non-hydrogen) atoms. The van der Waals surface area contributed by atoms with Crippen molar-refractivity contribution in [3.8, 4) is 11.1 Å². The minimum Gasteiger partial charge on any atom is -0.412 e. The fourth-order valence-electron chi connectivity index (χ4n) is 4.34. The first kappa shape index (κ1) is 25.1. The van der Waals surface area contributed by atoms with E-state index in [9.17, 15) is 9.59 Å². The second kappa shape index (κ2) is 10.0. The molecule has 192 valence electrons. The standard InChI is InChI=1S/C25H25Cl2N7O3/c1-14-19(12-20(29-14)24(36)33-9-7-32(2)8-10-33)30-25-28-13-15-11-16(21-17(26)5-4-6-18(21)27)23(35)34(37-3)22(15)31-25/h4-6,11-13,29H,7-10H2,1-3H3,(H,28,30,31). The van der Waals surface area contributed by atoms with Crippen LogP contribution in [0.5, 0.6) is 0 Å². The lowest BCUT2D eigenvalue weighted by molar-refractivity contribution is 0.0659. The van der Waals surface area contributed by atoms with Gasteiger partial charge in [0.2, 0.25) is 5.95 Å². The first-order valence-corrected chi connectivity index (χ1v) is 12.4. The molecule has 0 spiro atoms. The number of carbonyl (C=O) groups excluding carboxylic acids is 1. The van der Waals surface area contributed by atoms with Gasteiger partial charge in [-0.05, 0) is 38.2 Å². The van der Waals surface area contributed by atoms with Crippen LogP contribution in [0.1, 0.15) is 16.2 Å². The SMILES string of the molecule is COn1c(=O)c(-c2c(Cl)cccc2Cl)cc2cnc(Nc3cc(C(=O)N4CCN(C)CC4)[nH]c3C)nc21. The average molecular weight is 542 g/mol. The molecule has 10 nitrogen and oxygen atoms in total. The molecule has 1 aromatic carbocycles. The van der Waals surface area contributed by atoms with Gasteiger partial charge in [-0.2, -0.15) is 4.98 Å². The number of rotatable bonds is 5. The highest BCUT2D eigenvalue weighted by atomic mass is 35.5. The molecule has 3 aromatic heterocycles. The first-order chi connectivity index (χ1) is 17.8. The van der Waals surface area contributed by atoms with Crippen LogP contribution in [0.25, 0.3) is 22.2 Å². The van der Waals surface area contributed by atoms with E-state index >= 15 is 0 Å². The Labute approximate surface area is 222 Å². The second-order valence-electron chi connectivity index (χ2n) is 8.85. The number of H-pyrrole nitrogens is 1. The van der Waals surface area contributed by atoms with E-state index in [1.54, 1.807) is 36.5 Å². The normalized spacial score (nSPS) is 14.2. The van der Waals surface area contributed by atoms with Gasteiger partial charge in [-0.15, -0.1) is 4.73 Å². The van der Waals surface area contributed by atoms with Gasteiger partial charge in [-0.3, -0.25) is 9.59 Å². The molecule has 1 fully saturated rings. The van der Waals surface area contributed by atoms with E-state index in [1.165, 1.54) is 7.11 Å². The number of fused-ring (bicyclic) bond motifs is 1. The van der Waals surface area contributed by atoms with Crippen molar-refractivity contribution < 1.29 is 9.63 Å². The highest BCUT2D eigenvalue weighted by molar-refractivity contribution is 6.39. The van der Waals surface area contributed by atoms with Crippen LogP contribution in [0.15, 0.2) is 41.3 Å². The fraction of sp³-hybridized carbons (Fsp3) is 0.280. The minimum absolute atomic E-state index is 0.0531. The monoisotopic (exact) mass is 541 g/mol. The number of nitrogens with zero attached hydrogens (tertiary/aromatic N) is 5. The van der Waals surface area contributed by atoms with Crippen LogP contribution < -0.4 is 15.7 Å². The third-order valence-electron chi connectivity index (χ3n) is 6.40. The third-order valence-corrected chi connectivity index (χ3v) is 7.03. The van der Waals surface area contributed by atoms with E-state index in [4.69, 9.17) is 28.0 Å². The lowest BCUT2D eigenvalue weighted by Gasteiger charge is -2.32. The maximum atomic E-state index is 13.3. The molecule has 5 rings (SSSR count). The highest BCUT2D eigenvalue weighted by Gasteiger charge is 2.23. The van der Waals surface area contributed by atoms with E-state index in [0.29, 0.717) is 45.5 Å². The Hall–Kier alpha value is -3.60. The number of nitrogens with one attached hydrogen (secondary N) is 2. The molecule has 0 saturated carbocycles. The Morgan fingerprint density at radius 2 is 1.84 bits per heavy atom. The number of halogens is 2. The van der Waals surface area contributed by atoms with Gasteiger partial charge in [-0.1, -0.05) is 29.3 Å². The molecule has 1 aliphatic rings. The maximum absolute atomic E-state index is 13.3. The first-order valence-electron chi connectivity index (χ1n) is 11.6. The summed E-state index contributed by atoms with van der Waals surface area (Å²) in [6.07, 6.45) is 1.58. The third kappa shape index (κ3) is 4.75. The van der Waals surface area contributed by atoms with Crippen molar-refractivity contribution in [2.45, 2.75) is 6.92 Å². The van der Waals surface area contributed by atoms with Crippen LogP contribution >= 0.6 is 23.2 Å². The molecule has 1 amide bonds. The Kier molecular flexibility index (Phi) is 6.80. The van der Waals surface area contributed by atoms with E-state index in [0.717, 1.165) is 23.5 Å². The van der Waals surface area contributed by atoms with Crippen molar-refractivity contribution in [2.75, 3.05) is 45.7 Å². The van der Waals surface area contributed by atoms with Crippen molar-refractivity contribution in [3.63, 3.8) is 0 Å². The summed E-state index contributed by atoms with van der Waals surface area (Å²) in [6, 6.07) is 8.41. The van der Waals surface area contributed by atoms with Gasteiger partial charge in [-0.25, -0.2) is 4.98 Å². The van der Waals surface area contributed by atoms with E-state index in [2.05, 4.69) is 25.2 Å². The number of hydrogen-bond acceptors (Lipinski definition) is 7. The number of pyridine rings is 1. The van der Waals surface area contributed by atoms with Gasteiger partial charge in [0.1, 0.15) is 12.8 Å². The molecule has 1 saturated heterocycles. The summed E-state index contributed by atoms with van der Waals surface area (Å²) in [6.45, 7) is 4.90. The number of aryl methyl sites for hydroxylation is 1. The summed E-state index contributed by atoms with van der Waals surface area (Å²) in [5.74, 6) is 0.185. The van der Waals surface area contributed by atoms with Crippen molar-refractivity contribution in [2.24, 2.45) is 0 Å². The molecule has 4 aromatic rings. The molecule has 0 radical (unpaired) electrons. The number of anilines is 2. The summed E-state index contributed by atoms with van der Waals surface area (Å²) < 4.78 is 1.07. The van der Waals surface area contributed by atoms with Gasteiger partial charge >= 0.3 is 0 Å². The number of carbonyl (C=O) groups is 1. The lowest BCUT2D eigenvalue weighted by atomic mass is 10.1. The number of aromatic nitrogens is 4. The number of likely N-dealkylation sites (N-methyl/N-ethyl adjacent to an activating group) is 1. The summed E-state index contributed by atoms with van der Waals surface area (Å²) >= 11 is 12.7. The Morgan fingerprint density at radius 3 is 2.51 bits per heavy atom. The van der Waals surface area contributed by atoms with Gasteiger partial charge in [0.25, 0.3) is 11.5 Å². The van der Waals surface area contributed by atoms with Crippen molar-refractivity contribution in [1.29, 1.82) is 0 Å². The van der Waals surface area contributed by atoms with Gasteiger partial charge in [0.15, 0.2) is 5.65 Å². The van der Waals surface area contributed by atoms with Crippen LogP contribution in [0.3, 0.4) is 0 Å². The second-order valence-corrected chi connectivity index (χ2v) is 9.67. The topological polar surface area (TPSA) is 108 Å². The van der Waals surface area contributed by atoms with E-state index in [-0.39, 0.29) is 23.1 Å². The van der Waals surface area contributed by atoms with Crippen molar-refractivity contribution in [1.82, 2.24) is 29.5 Å². The van der Waals surface area contributed by atoms with Crippen molar-refractivity contribution >= 4 is 51.8 Å². The smallest absolute Gasteiger partial charge is 0.293 e. The molecule has 2 N–H and O–H groups in total. The lowest BCUT2D eigenvalue weighted by Crippen LogP contribution is -2.47. The van der Waals surface area contributed by atoms with Crippen LogP contribution in [-0.2, 0) is 0 Å². The van der Waals surface area contributed by atoms with Crippen LogP contribution in [0, 0.1) is 6.92 Å². The zero-order valence-corrected chi connectivity index (χ0v) is 22.0. The Bertz CT molecular complexity index is 1540. The predicted molar refractivity (Wildman–Crippen MR) is 144 cm³/mol. The Balaban J connectivity index is 1.47. The number of hydrogen-bond donors (Lipinski definition) is 2. The molecule has 12 heteroatoms. The number of aromatic amines is 1. The maximum Gasteiger partial charge on any atom is 0.293 e. The Morgan fingerprint density at radius 1 is 1.14 bits per heavy atom. The molecule has 0 atom stereocenters. The number of piperazine rings is 1. The quantitative estimate of drug-likeness (QED) is 0.397. The molecular formula is C25H25Cl2N7O3. The number of benzene rings is 1. The largest absolute Gasteiger partial charge is 0.412 e. The van der Waals surface area contributed by atoms with E-state index < -0.39 is 5.56 Å². The minimum atomic E-state index is -0.465. The summed E-state index contributed by atoms with van der Waals surface area (Å²) in [7, 11) is 3.42. The molecule has 0 unspecified atom stereocenters. The molecular weight excluding hydrogens is 517 g/mol. The zero-order valence-electron chi connectivity index (χ0n) is 20.5. The van der Waals surface area contributed by atoms with Gasteiger partial charge < -0.3 is 24.9 Å². The molecule has 4 heterocycles. The molecule has 0 aliphatic carbocycles.